The first-order valence-electron chi connectivity index (χ1n) is 12.8. The van der Waals surface area contributed by atoms with Crippen molar-refractivity contribution in [3.63, 3.8) is 0 Å². The van der Waals surface area contributed by atoms with E-state index in [1.807, 2.05) is 0 Å². The standard InChI is InChI=1S/C25H54ClOP/c1-5-9-13-14-15-16-17-18-19-20-21-27-25-28(26,22-10-6-2,23-11-7-3)24-12-8-4/h5-25H2,1-4H3. The second kappa shape index (κ2) is 18.4. The third-order valence-electron chi connectivity index (χ3n) is 6.27. The van der Waals surface area contributed by atoms with Crippen molar-refractivity contribution in [2.24, 2.45) is 0 Å². The van der Waals surface area contributed by atoms with Crippen LogP contribution >= 0.6 is 17.2 Å². The van der Waals surface area contributed by atoms with Gasteiger partial charge in [-0.05, 0) is 0 Å². The molecule has 0 N–H and O–H groups in total. The van der Waals surface area contributed by atoms with E-state index in [0.29, 0.717) is 0 Å². The van der Waals surface area contributed by atoms with Crippen molar-refractivity contribution in [3.8, 4) is 0 Å². The van der Waals surface area contributed by atoms with E-state index in [1.54, 1.807) is 0 Å². The van der Waals surface area contributed by atoms with Gasteiger partial charge in [0.05, 0.1) is 0 Å². The molecule has 0 amide bonds. The fourth-order valence-electron chi connectivity index (χ4n) is 4.17. The van der Waals surface area contributed by atoms with Gasteiger partial charge in [-0.15, -0.1) is 0 Å². The van der Waals surface area contributed by atoms with Crippen LogP contribution in [0.2, 0.25) is 0 Å². The van der Waals surface area contributed by atoms with Gasteiger partial charge in [0.15, 0.2) is 0 Å². The van der Waals surface area contributed by atoms with Gasteiger partial charge in [0, 0.05) is 0 Å². The molecule has 0 aromatic carbocycles. The zero-order valence-electron chi connectivity index (χ0n) is 20.1. The molecule has 0 aliphatic heterocycles. The number of hydrogen-bond acceptors (Lipinski definition) is 1. The normalized spacial score (nSPS) is 13.5. The summed E-state index contributed by atoms with van der Waals surface area (Å²) in [5.74, 6) is -2.19. The predicted molar refractivity (Wildman–Crippen MR) is 135 cm³/mol. The van der Waals surface area contributed by atoms with Gasteiger partial charge in [0.2, 0.25) is 0 Å². The first-order valence-corrected chi connectivity index (χ1v) is 16.7. The molecule has 0 fully saturated rings. The number of halogens is 1. The van der Waals surface area contributed by atoms with Gasteiger partial charge in [-0.25, -0.2) is 0 Å². The summed E-state index contributed by atoms with van der Waals surface area (Å²) >= 11 is 7.57. The average Bonchev–Trinajstić information content (AvgIpc) is 2.71. The van der Waals surface area contributed by atoms with Crippen LogP contribution in [0.3, 0.4) is 0 Å². The molecule has 0 unspecified atom stereocenters. The van der Waals surface area contributed by atoms with E-state index < -0.39 is 5.96 Å². The number of rotatable bonds is 22. The zero-order chi connectivity index (χ0) is 21.0. The van der Waals surface area contributed by atoms with Gasteiger partial charge in [0.1, 0.15) is 0 Å². The molecule has 0 heterocycles. The quantitative estimate of drug-likeness (QED) is 0.121. The van der Waals surface area contributed by atoms with Crippen molar-refractivity contribution >= 4 is 17.2 Å². The number of hydrogen-bond donors (Lipinski definition) is 0. The summed E-state index contributed by atoms with van der Waals surface area (Å²) in [5.41, 5.74) is 0. The molecular weight excluding hydrogens is 383 g/mol. The molecule has 0 aromatic heterocycles. The average molecular weight is 437 g/mol. The second-order valence-electron chi connectivity index (χ2n) is 9.27. The van der Waals surface area contributed by atoms with Gasteiger partial charge >= 0.3 is 170 Å². The fourth-order valence-corrected chi connectivity index (χ4v) is 10.4. The minimum absolute atomic E-state index is 0.880. The van der Waals surface area contributed by atoms with Gasteiger partial charge in [-0.1, -0.05) is 13.3 Å². The summed E-state index contributed by atoms with van der Waals surface area (Å²) < 4.78 is 6.29. The van der Waals surface area contributed by atoms with Crippen LogP contribution in [-0.2, 0) is 4.74 Å². The van der Waals surface area contributed by atoms with Crippen molar-refractivity contribution in [2.75, 3.05) is 31.4 Å². The summed E-state index contributed by atoms with van der Waals surface area (Å²) in [6.07, 6.45) is 26.0. The Kier molecular flexibility index (Phi) is 18.9. The van der Waals surface area contributed by atoms with Crippen LogP contribution in [-0.4, -0.2) is 31.4 Å². The topological polar surface area (TPSA) is 9.23 Å². The maximum absolute atomic E-state index is 7.57. The molecule has 0 aromatic rings. The van der Waals surface area contributed by atoms with Gasteiger partial charge in [0.25, 0.3) is 0 Å². The summed E-state index contributed by atoms with van der Waals surface area (Å²) in [6, 6.07) is 0. The Morgan fingerprint density at radius 2 is 0.857 bits per heavy atom. The summed E-state index contributed by atoms with van der Waals surface area (Å²) in [6.45, 7) is 10.1. The molecule has 28 heavy (non-hydrogen) atoms. The summed E-state index contributed by atoms with van der Waals surface area (Å²) in [7, 11) is 0. The van der Waals surface area contributed by atoms with E-state index in [2.05, 4.69) is 27.7 Å². The second-order valence-corrected chi connectivity index (χ2v) is 17.4. The molecule has 0 rings (SSSR count). The molecule has 0 bridgehead atoms. The molecule has 0 atom stereocenters. The van der Waals surface area contributed by atoms with Gasteiger partial charge in [-0.3, -0.25) is 0 Å². The molecule has 0 saturated carbocycles. The van der Waals surface area contributed by atoms with Crippen LogP contribution < -0.4 is 0 Å². The van der Waals surface area contributed by atoms with Crippen molar-refractivity contribution < 1.29 is 4.74 Å². The van der Waals surface area contributed by atoms with E-state index in [4.69, 9.17) is 16.0 Å². The van der Waals surface area contributed by atoms with Gasteiger partial charge < -0.3 is 0 Å². The van der Waals surface area contributed by atoms with Crippen molar-refractivity contribution in [1.29, 1.82) is 0 Å². The van der Waals surface area contributed by atoms with Crippen molar-refractivity contribution in [2.45, 2.75) is 130 Å². The Hall–Kier alpha value is 0.680. The third-order valence-corrected chi connectivity index (χ3v) is 13.2. The van der Waals surface area contributed by atoms with E-state index in [1.165, 1.54) is 121 Å². The van der Waals surface area contributed by atoms with Crippen LogP contribution in [0.5, 0.6) is 0 Å². The summed E-state index contributed by atoms with van der Waals surface area (Å²) in [4.78, 5) is 0. The Labute approximate surface area is 183 Å². The SMILES string of the molecule is CCCCCCCCCCCCOCP(Cl)(CCCC)(CCCC)CCCC. The first kappa shape index (κ1) is 28.7. The molecule has 0 aliphatic rings. The van der Waals surface area contributed by atoms with E-state index in [0.717, 1.165) is 13.0 Å². The Morgan fingerprint density at radius 3 is 1.25 bits per heavy atom. The molecule has 0 radical (unpaired) electrons. The third kappa shape index (κ3) is 14.6. The Balaban J connectivity index is 4.12. The van der Waals surface area contributed by atoms with Crippen LogP contribution in [0, 0.1) is 0 Å². The predicted octanol–water partition coefficient (Wildman–Crippen LogP) is 9.99. The van der Waals surface area contributed by atoms with E-state index in [9.17, 15) is 0 Å². The Bertz CT molecular complexity index is 310. The first-order chi connectivity index (χ1) is 13.5. The van der Waals surface area contributed by atoms with Gasteiger partial charge in [-0.2, -0.15) is 0 Å². The van der Waals surface area contributed by atoms with E-state index >= 15 is 0 Å². The summed E-state index contributed by atoms with van der Waals surface area (Å²) in [5, 5.41) is 0. The maximum atomic E-state index is 7.57. The molecule has 0 spiro atoms. The molecule has 3 heteroatoms. The molecule has 0 saturated heterocycles. The molecule has 172 valence electrons. The van der Waals surface area contributed by atoms with E-state index in [-0.39, 0.29) is 0 Å². The van der Waals surface area contributed by atoms with Crippen LogP contribution in [0.1, 0.15) is 130 Å². The number of unbranched alkanes of at least 4 members (excludes halogenated alkanes) is 12. The zero-order valence-corrected chi connectivity index (χ0v) is 21.7. The van der Waals surface area contributed by atoms with Crippen LogP contribution in [0.15, 0.2) is 0 Å². The number of ether oxygens (including phenoxy) is 1. The molecule has 0 aliphatic carbocycles. The molecular formula is C25H54ClOP. The van der Waals surface area contributed by atoms with Crippen LogP contribution in [0.4, 0.5) is 0 Å². The Morgan fingerprint density at radius 1 is 0.500 bits per heavy atom. The minimum atomic E-state index is -2.19. The van der Waals surface area contributed by atoms with Crippen LogP contribution in [0.25, 0.3) is 0 Å². The fraction of sp³-hybridized carbons (Fsp3) is 1.00. The van der Waals surface area contributed by atoms with Crippen molar-refractivity contribution in [3.05, 3.63) is 0 Å². The molecule has 1 nitrogen and oxygen atoms in total. The monoisotopic (exact) mass is 436 g/mol. The van der Waals surface area contributed by atoms with Crippen molar-refractivity contribution in [1.82, 2.24) is 0 Å².